The first-order valence-electron chi connectivity index (χ1n) is 4.71. The van der Waals surface area contributed by atoms with E-state index in [9.17, 15) is 4.39 Å². The fraction of sp³-hybridized carbons (Fsp3) is 0.455. The molecule has 1 aromatic rings. The van der Waals surface area contributed by atoms with E-state index in [2.05, 4.69) is 0 Å². The molecule has 1 aromatic carbocycles. The van der Waals surface area contributed by atoms with Crippen molar-refractivity contribution in [2.24, 2.45) is 11.7 Å². The average Bonchev–Trinajstić information content (AvgIpc) is 2.12. The standard InChI is InChI=1S/C11H15ClFN/c1-7(8(2)14)6-9-4-3-5-10(12)11(9)13/h3-5,7-8H,6,14H2,1-2H3. The summed E-state index contributed by atoms with van der Waals surface area (Å²) in [6.45, 7) is 3.93. The van der Waals surface area contributed by atoms with Crippen molar-refractivity contribution in [1.82, 2.24) is 0 Å². The molecule has 2 N–H and O–H groups in total. The molecule has 0 heterocycles. The Hall–Kier alpha value is -0.600. The minimum atomic E-state index is -0.318. The molecule has 78 valence electrons. The van der Waals surface area contributed by atoms with Crippen LogP contribution in [0.1, 0.15) is 19.4 Å². The zero-order valence-electron chi connectivity index (χ0n) is 8.43. The maximum Gasteiger partial charge on any atom is 0.144 e. The monoisotopic (exact) mass is 215 g/mol. The van der Waals surface area contributed by atoms with Gasteiger partial charge in [0.2, 0.25) is 0 Å². The summed E-state index contributed by atoms with van der Waals surface area (Å²) in [6, 6.07) is 5.12. The highest BCUT2D eigenvalue weighted by Gasteiger charge is 2.12. The van der Waals surface area contributed by atoms with E-state index in [0.29, 0.717) is 12.0 Å². The second-order valence-corrected chi connectivity index (χ2v) is 4.16. The third kappa shape index (κ3) is 2.69. The third-order valence-corrected chi connectivity index (χ3v) is 2.76. The molecule has 3 heteroatoms. The predicted octanol–water partition coefficient (Wildman–Crippen LogP) is 3.00. The molecule has 0 aliphatic heterocycles. The van der Waals surface area contributed by atoms with Gasteiger partial charge in [0.15, 0.2) is 0 Å². The summed E-state index contributed by atoms with van der Waals surface area (Å²) in [6.07, 6.45) is 0.629. The third-order valence-electron chi connectivity index (χ3n) is 2.47. The van der Waals surface area contributed by atoms with Crippen molar-refractivity contribution in [3.63, 3.8) is 0 Å². The summed E-state index contributed by atoms with van der Waals surface area (Å²) in [7, 11) is 0. The van der Waals surface area contributed by atoms with E-state index in [1.807, 2.05) is 13.8 Å². The summed E-state index contributed by atoms with van der Waals surface area (Å²) in [5.41, 5.74) is 6.36. The number of nitrogens with two attached hydrogens (primary N) is 1. The minimum absolute atomic E-state index is 0.0633. The first-order valence-corrected chi connectivity index (χ1v) is 5.08. The van der Waals surface area contributed by atoms with E-state index in [0.717, 1.165) is 0 Å². The highest BCUT2D eigenvalue weighted by atomic mass is 35.5. The molecule has 0 saturated carbocycles. The number of hydrogen-bond donors (Lipinski definition) is 1. The van der Waals surface area contributed by atoms with E-state index in [1.165, 1.54) is 0 Å². The Bertz CT molecular complexity index is 312. The molecule has 0 aliphatic rings. The van der Waals surface area contributed by atoms with Crippen LogP contribution in [0.5, 0.6) is 0 Å². The second kappa shape index (κ2) is 4.76. The van der Waals surface area contributed by atoms with Gasteiger partial charge in [-0.05, 0) is 30.9 Å². The van der Waals surface area contributed by atoms with Crippen molar-refractivity contribution in [3.05, 3.63) is 34.6 Å². The molecule has 0 spiro atoms. The Morgan fingerprint density at radius 1 is 1.43 bits per heavy atom. The molecule has 0 bridgehead atoms. The predicted molar refractivity (Wildman–Crippen MR) is 57.9 cm³/mol. The zero-order chi connectivity index (χ0) is 10.7. The van der Waals surface area contributed by atoms with E-state index in [4.69, 9.17) is 17.3 Å². The van der Waals surface area contributed by atoms with Crippen LogP contribution < -0.4 is 5.73 Å². The van der Waals surface area contributed by atoms with Gasteiger partial charge >= 0.3 is 0 Å². The van der Waals surface area contributed by atoms with Gasteiger partial charge in [-0.15, -0.1) is 0 Å². The van der Waals surface area contributed by atoms with E-state index in [-0.39, 0.29) is 22.8 Å². The Labute approximate surface area is 89.1 Å². The van der Waals surface area contributed by atoms with Gasteiger partial charge in [-0.25, -0.2) is 4.39 Å². The van der Waals surface area contributed by atoms with Crippen molar-refractivity contribution in [2.75, 3.05) is 0 Å². The van der Waals surface area contributed by atoms with Crippen molar-refractivity contribution >= 4 is 11.6 Å². The molecule has 1 nitrogen and oxygen atoms in total. The summed E-state index contributed by atoms with van der Waals surface area (Å²) in [4.78, 5) is 0. The van der Waals surface area contributed by atoms with Gasteiger partial charge in [-0.2, -0.15) is 0 Å². The smallest absolute Gasteiger partial charge is 0.144 e. The maximum absolute atomic E-state index is 13.5. The van der Waals surface area contributed by atoms with Crippen molar-refractivity contribution in [3.8, 4) is 0 Å². The van der Waals surface area contributed by atoms with Crippen molar-refractivity contribution in [1.29, 1.82) is 0 Å². The van der Waals surface area contributed by atoms with Gasteiger partial charge in [0.1, 0.15) is 5.82 Å². The van der Waals surface area contributed by atoms with Crippen LogP contribution in [0.2, 0.25) is 5.02 Å². The summed E-state index contributed by atoms with van der Waals surface area (Å²) >= 11 is 5.67. The lowest BCUT2D eigenvalue weighted by Crippen LogP contribution is -2.26. The molecule has 14 heavy (non-hydrogen) atoms. The topological polar surface area (TPSA) is 26.0 Å². The summed E-state index contributed by atoms with van der Waals surface area (Å²) in [5.74, 6) is -0.0652. The molecule has 0 aliphatic carbocycles. The SMILES string of the molecule is CC(N)C(C)Cc1cccc(Cl)c1F. The molecular weight excluding hydrogens is 201 g/mol. The molecule has 0 fully saturated rings. The first kappa shape index (κ1) is 11.5. The van der Waals surface area contributed by atoms with Gasteiger partial charge in [-0.3, -0.25) is 0 Å². The van der Waals surface area contributed by atoms with E-state index >= 15 is 0 Å². The number of hydrogen-bond acceptors (Lipinski definition) is 1. The lowest BCUT2D eigenvalue weighted by Gasteiger charge is -2.15. The lowest BCUT2D eigenvalue weighted by molar-refractivity contribution is 0.470. The van der Waals surface area contributed by atoms with Gasteiger partial charge in [0.05, 0.1) is 5.02 Å². The quantitative estimate of drug-likeness (QED) is 0.824. The number of rotatable bonds is 3. The second-order valence-electron chi connectivity index (χ2n) is 3.75. The molecule has 0 aromatic heterocycles. The minimum Gasteiger partial charge on any atom is -0.328 e. The van der Waals surface area contributed by atoms with Crippen LogP contribution in [-0.2, 0) is 6.42 Å². The fourth-order valence-corrected chi connectivity index (χ4v) is 1.43. The highest BCUT2D eigenvalue weighted by Crippen LogP contribution is 2.21. The Morgan fingerprint density at radius 2 is 2.07 bits per heavy atom. The van der Waals surface area contributed by atoms with Crippen molar-refractivity contribution < 1.29 is 4.39 Å². The van der Waals surface area contributed by atoms with Gasteiger partial charge < -0.3 is 5.73 Å². The molecule has 0 amide bonds. The van der Waals surface area contributed by atoms with E-state index in [1.54, 1.807) is 18.2 Å². The normalized spacial score (nSPS) is 15.2. The van der Waals surface area contributed by atoms with E-state index < -0.39 is 0 Å². The average molecular weight is 216 g/mol. The van der Waals surface area contributed by atoms with Crippen LogP contribution in [0.25, 0.3) is 0 Å². The Kier molecular flexibility index (Phi) is 3.90. The molecule has 0 saturated heterocycles. The van der Waals surface area contributed by atoms with Crippen LogP contribution in [0, 0.1) is 11.7 Å². The van der Waals surface area contributed by atoms with Crippen LogP contribution in [0.3, 0.4) is 0 Å². The Morgan fingerprint density at radius 3 is 2.64 bits per heavy atom. The molecule has 2 unspecified atom stereocenters. The first-order chi connectivity index (χ1) is 6.52. The maximum atomic E-state index is 13.5. The molecule has 2 atom stereocenters. The highest BCUT2D eigenvalue weighted by molar-refractivity contribution is 6.30. The summed E-state index contributed by atoms with van der Waals surface area (Å²) < 4.78 is 13.5. The number of benzene rings is 1. The largest absolute Gasteiger partial charge is 0.328 e. The molecule has 1 rings (SSSR count). The number of halogens is 2. The van der Waals surface area contributed by atoms with Gasteiger partial charge in [0, 0.05) is 6.04 Å². The molecular formula is C11H15ClFN. The van der Waals surface area contributed by atoms with Gasteiger partial charge in [-0.1, -0.05) is 30.7 Å². The zero-order valence-corrected chi connectivity index (χ0v) is 9.18. The lowest BCUT2D eigenvalue weighted by atomic mass is 9.95. The molecule has 0 radical (unpaired) electrons. The van der Waals surface area contributed by atoms with Crippen LogP contribution in [0.15, 0.2) is 18.2 Å². The van der Waals surface area contributed by atoms with Crippen LogP contribution >= 0.6 is 11.6 Å². The fourth-order valence-electron chi connectivity index (χ4n) is 1.24. The summed E-state index contributed by atoms with van der Waals surface area (Å²) in [5, 5.41) is 0.180. The van der Waals surface area contributed by atoms with Crippen molar-refractivity contribution in [2.45, 2.75) is 26.3 Å². The van der Waals surface area contributed by atoms with Gasteiger partial charge in [0.25, 0.3) is 0 Å². The van der Waals surface area contributed by atoms with Crippen LogP contribution in [0.4, 0.5) is 4.39 Å². The van der Waals surface area contributed by atoms with Crippen LogP contribution in [-0.4, -0.2) is 6.04 Å². The Balaban J connectivity index is 2.82.